The van der Waals surface area contributed by atoms with Crippen molar-refractivity contribution in [3.63, 3.8) is 0 Å². The summed E-state index contributed by atoms with van der Waals surface area (Å²) >= 11 is 0. The molecule has 0 bridgehead atoms. The highest BCUT2D eigenvalue weighted by Crippen LogP contribution is 2.59. The summed E-state index contributed by atoms with van der Waals surface area (Å²) in [6.45, 7) is 3.40. The Morgan fingerprint density at radius 1 is 1.00 bits per heavy atom. The lowest BCUT2D eigenvalue weighted by Crippen LogP contribution is -2.54. The molecule has 1 saturated carbocycles. The lowest BCUT2D eigenvalue weighted by Gasteiger charge is -2.52. The topological polar surface area (TPSA) is 157 Å². The second-order valence-electron chi connectivity index (χ2n) is 12.9. The summed E-state index contributed by atoms with van der Waals surface area (Å²) in [5.41, 5.74) is 0.421. The summed E-state index contributed by atoms with van der Waals surface area (Å²) in [5, 5.41) is 10.0. The average Bonchev–Trinajstić information content (AvgIpc) is 3.32. The Balaban J connectivity index is 1.29. The van der Waals surface area contributed by atoms with Gasteiger partial charge in [0.1, 0.15) is 11.4 Å². The first kappa shape index (κ1) is 31.2. The number of hydrogen-bond donors (Lipinski definition) is 1. The van der Waals surface area contributed by atoms with Crippen molar-refractivity contribution in [2.24, 2.45) is 18.4 Å². The van der Waals surface area contributed by atoms with Crippen LogP contribution < -0.4 is 26.4 Å². The van der Waals surface area contributed by atoms with Crippen molar-refractivity contribution < 1.29 is 24.2 Å². The number of carbonyl (C=O) groups excluding carboxylic acids is 2. The number of methoxy groups -OCH3 is 2. The van der Waals surface area contributed by atoms with Gasteiger partial charge in [0, 0.05) is 44.0 Å². The molecule has 3 heterocycles. The normalized spacial score (nSPS) is 23.2. The van der Waals surface area contributed by atoms with Gasteiger partial charge in [-0.3, -0.25) is 14.4 Å². The van der Waals surface area contributed by atoms with E-state index >= 15 is 0 Å². The lowest BCUT2D eigenvalue weighted by molar-refractivity contribution is -0.139. The second-order valence-corrected chi connectivity index (χ2v) is 12.9. The fraction of sp³-hybridized carbons (Fsp3) is 0.371. The maximum Gasteiger partial charge on any atom is 0.347 e. The molecule has 1 fully saturated rings. The van der Waals surface area contributed by atoms with E-state index in [4.69, 9.17) is 9.47 Å². The summed E-state index contributed by atoms with van der Waals surface area (Å²) in [4.78, 5) is 73.1. The van der Waals surface area contributed by atoms with Gasteiger partial charge in [-0.25, -0.2) is 28.5 Å². The number of benzene rings is 2. The van der Waals surface area contributed by atoms with Gasteiger partial charge < -0.3 is 19.1 Å². The number of aromatic hydroxyl groups is 1. The van der Waals surface area contributed by atoms with Crippen LogP contribution >= 0.6 is 0 Å². The molecular weight excluding hydrogens is 618 g/mol. The molecule has 13 heteroatoms. The van der Waals surface area contributed by atoms with Gasteiger partial charge in [0.25, 0.3) is 5.56 Å². The van der Waals surface area contributed by atoms with E-state index in [2.05, 4.69) is 4.98 Å². The number of fused-ring (bicyclic) bond motifs is 5. The number of phenolic OH excluding ortho intramolecular Hbond substituents is 1. The molecule has 0 spiro atoms. The van der Waals surface area contributed by atoms with E-state index in [-0.39, 0.29) is 54.5 Å². The maximum absolute atomic E-state index is 14.1. The number of allylic oxidation sites excluding steroid dienone is 4. The summed E-state index contributed by atoms with van der Waals surface area (Å²) in [6.07, 6.45) is 3.45. The quantitative estimate of drug-likeness (QED) is 0.309. The molecule has 7 rings (SSSR count). The molecule has 0 radical (unpaired) electrons. The van der Waals surface area contributed by atoms with Gasteiger partial charge in [0.05, 0.1) is 43.3 Å². The van der Waals surface area contributed by atoms with Crippen LogP contribution in [-0.2, 0) is 36.1 Å². The van der Waals surface area contributed by atoms with E-state index in [9.17, 15) is 29.1 Å². The molecule has 0 unspecified atom stereocenters. The predicted molar refractivity (Wildman–Crippen MR) is 175 cm³/mol. The number of ether oxygens (including phenoxy) is 2. The van der Waals surface area contributed by atoms with Crippen molar-refractivity contribution in [3.05, 3.63) is 102 Å². The zero-order valence-electron chi connectivity index (χ0n) is 27.2. The highest BCUT2D eigenvalue weighted by molar-refractivity contribution is 6.13. The van der Waals surface area contributed by atoms with E-state index in [0.29, 0.717) is 28.1 Å². The zero-order chi connectivity index (χ0) is 34.2. The first-order chi connectivity index (χ1) is 22.9. The van der Waals surface area contributed by atoms with Crippen LogP contribution in [0, 0.1) is 11.3 Å². The van der Waals surface area contributed by atoms with Gasteiger partial charge in [-0.2, -0.15) is 0 Å². The molecule has 2 aliphatic carbocycles. The van der Waals surface area contributed by atoms with Crippen molar-refractivity contribution in [2.75, 3.05) is 14.2 Å². The molecule has 2 aromatic carbocycles. The number of aryl methyl sites for hydroxylation is 2. The average molecular weight is 654 g/mol. The number of nitrogens with zero attached hydrogens (tertiary/aromatic N) is 5. The molecule has 0 amide bonds. The Bertz CT molecular complexity index is 2290. The number of carbonyl (C=O) groups is 2. The molecular formula is C35H35N5O8. The largest absolute Gasteiger partial charge is 0.508 e. The molecule has 13 nitrogen and oxygen atoms in total. The van der Waals surface area contributed by atoms with Crippen LogP contribution in [0.15, 0.2) is 74.1 Å². The molecule has 4 aromatic rings. The Hall–Kier alpha value is -5.46. The smallest absolute Gasteiger partial charge is 0.347 e. The SMILES string of the molecule is COc1cc2nc(CCn3c(=O)n4n(c3=O)[C@@H]3C[C@H]5C(=O)C(C)=CC(=O)[C@@]5(C)[C@@H](c5ccc(O)cc5)C3=CC4)c(=O)n(C)c2cc1OC. The van der Waals surface area contributed by atoms with E-state index in [1.54, 1.807) is 45.2 Å². The zero-order valence-corrected chi connectivity index (χ0v) is 27.2. The summed E-state index contributed by atoms with van der Waals surface area (Å²) in [5.74, 6) is -0.713. The Kier molecular flexibility index (Phi) is 7.18. The van der Waals surface area contributed by atoms with E-state index in [0.717, 1.165) is 15.7 Å². The van der Waals surface area contributed by atoms with Crippen LogP contribution in [0.4, 0.5) is 0 Å². The van der Waals surface area contributed by atoms with Crippen LogP contribution in [0.2, 0.25) is 0 Å². The molecule has 2 aromatic heterocycles. The third kappa shape index (κ3) is 4.36. The predicted octanol–water partition coefficient (Wildman–Crippen LogP) is 2.41. The van der Waals surface area contributed by atoms with Crippen molar-refractivity contribution in [2.45, 2.75) is 51.7 Å². The van der Waals surface area contributed by atoms with Crippen LogP contribution in [-0.4, -0.2) is 54.4 Å². The molecule has 0 saturated heterocycles. The number of hydrogen-bond acceptors (Lipinski definition) is 9. The molecule has 248 valence electrons. The van der Waals surface area contributed by atoms with Crippen molar-refractivity contribution in [1.82, 2.24) is 23.5 Å². The molecule has 3 aliphatic rings. The van der Waals surface area contributed by atoms with Crippen LogP contribution in [0.1, 0.15) is 43.5 Å². The van der Waals surface area contributed by atoms with Gasteiger partial charge in [-0.1, -0.05) is 25.1 Å². The van der Waals surface area contributed by atoms with Gasteiger partial charge in [-0.15, -0.1) is 0 Å². The first-order valence-corrected chi connectivity index (χ1v) is 15.7. The number of rotatable bonds is 6. The van der Waals surface area contributed by atoms with Gasteiger partial charge in [0.2, 0.25) is 0 Å². The number of phenols is 1. The Labute approximate surface area is 273 Å². The Morgan fingerprint density at radius 3 is 2.38 bits per heavy atom. The minimum atomic E-state index is -1.13. The second kappa shape index (κ2) is 11.1. The van der Waals surface area contributed by atoms with E-state index in [1.165, 1.54) is 46.4 Å². The minimum absolute atomic E-state index is 0.00881. The minimum Gasteiger partial charge on any atom is -0.508 e. The standard InChI is InChI=1S/C35H35N5O8/c1-18-14-29(42)35(2)22(31(18)43)15-25-21(30(35)19-6-8-20(41)9-7-19)10-13-39-33(45)38(34(46)40(25)39)12-11-23-32(44)37(3)26-17-28(48-5)27(47-4)16-24(26)36-23/h6-10,14,16-17,22,25,30,41H,11-13,15H2,1-5H3/t22-,25+,30-,35-/m0/s1. The summed E-state index contributed by atoms with van der Waals surface area (Å²) in [6, 6.07) is 9.18. The summed E-state index contributed by atoms with van der Waals surface area (Å²) in [7, 11) is 4.61. The number of ketones is 2. The van der Waals surface area contributed by atoms with Crippen LogP contribution in [0.25, 0.3) is 11.0 Å². The van der Waals surface area contributed by atoms with Crippen LogP contribution in [0.3, 0.4) is 0 Å². The fourth-order valence-electron chi connectivity index (χ4n) is 7.92. The van der Waals surface area contributed by atoms with E-state index in [1.807, 2.05) is 6.08 Å². The molecule has 4 atom stereocenters. The molecule has 1 aliphatic heterocycles. The van der Waals surface area contributed by atoms with Crippen molar-refractivity contribution in [1.29, 1.82) is 0 Å². The highest BCUT2D eigenvalue weighted by Gasteiger charge is 2.59. The lowest BCUT2D eigenvalue weighted by atomic mass is 9.51. The van der Waals surface area contributed by atoms with Crippen molar-refractivity contribution >= 4 is 22.6 Å². The molecule has 48 heavy (non-hydrogen) atoms. The third-order valence-corrected chi connectivity index (χ3v) is 10.5. The van der Waals surface area contributed by atoms with Crippen LogP contribution in [0.5, 0.6) is 17.2 Å². The fourth-order valence-corrected chi connectivity index (χ4v) is 7.92. The first-order valence-electron chi connectivity index (χ1n) is 15.7. The van der Waals surface area contributed by atoms with Gasteiger partial charge in [0.15, 0.2) is 23.1 Å². The highest BCUT2D eigenvalue weighted by atomic mass is 16.5. The van der Waals surface area contributed by atoms with E-state index < -0.39 is 34.7 Å². The third-order valence-electron chi connectivity index (χ3n) is 10.5. The van der Waals surface area contributed by atoms with Gasteiger partial charge >= 0.3 is 11.4 Å². The number of Topliss-reactive ketones (excluding diaryl/α,β-unsaturated/α-hetero) is 1. The van der Waals surface area contributed by atoms with Gasteiger partial charge in [-0.05, 0) is 48.3 Å². The summed E-state index contributed by atoms with van der Waals surface area (Å²) < 4.78 is 16.1. The monoisotopic (exact) mass is 653 g/mol. The molecule has 1 N–H and O–H groups in total. The maximum atomic E-state index is 14.1. The van der Waals surface area contributed by atoms with Crippen molar-refractivity contribution in [3.8, 4) is 17.2 Å². The Morgan fingerprint density at radius 2 is 1.69 bits per heavy atom. The number of aromatic nitrogens is 5.